The molecule has 0 amide bonds. The molecule has 0 fully saturated rings. The molecule has 1 aromatic heterocycles. The second-order valence-electron chi connectivity index (χ2n) is 1.40. The minimum atomic E-state index is -1.96. The van der Waals surface area contributed by atoms with Gasteiger partial charge in [0, 0.05) is 0 Å². The summed E-state index contributed by atoms with van der Waals surface area (Å²) in [7, 11) is 0. The lowest BCUT2D eigenvalue weighted by molar-refractivity contribution is 0.548. The van der Waals surface area contributed by atoms with Gasteiger partial charge in [-0.3, -0.25) is 4.55 Å². The van der Waals surface area contributed by atoms with Crippen LogP contribution in [-0.2, 0) is 17.8 Å². The molecule has 0 spiro atoms. The third kappa shape index (κ3) is 2.48. The maximum absolute atomic E-state index is 10.1. The first-order valence-corrected chi connectivity index (χ1v) is 4.37. The van der Waals surface area contributed by atoms with Gasteiger partial charge in [-0.25, -0.2) is 8.93 Å². The van der Waals surface area contributed by atoms with Crippen LogP contribution in [0.25, 0.3) is 0 Å². The number of hydrogen-bond donors (Lipinski definition) is 2. The van der Waals surface area contributed by atoms with Gasteiger partial charge in [0.15, 0.2) is 0 Å². The second-order valence-corrected chi connectivity index (χ2v) is 3.11. The van der Waals surface area contributed by atoms with E-state index in [-0.39, 0.29) is 6.54 Å². The molecule has 0 radical (unpaired) electrons. The van der Waals surface area contributed by atoms with E-state index in [1.165, 1.54) is 11.3 Å². The molecule has 0 aliphatic heterocycles. The first kappa shape index (κ1) is 7.73. The molecule has 0 aliphatic carbocycles. The third-order valence-corrected chi connectivity index (χ3v) is 1.84. The standard InChI is InChI=1S/C3H5N3O2S2/c7-10(8)5-1-3-6-4-2-9-3/h2,5H,1H2,(H,7,8). The Labute approximate surface area is 63.9 Å². The third-order valence-electron chi connectivity index (χ3n) is 0.752. The van der Waals surface area contributed by atoms with Crippen LogP contribution in [0.1, 0.15) is 5.01 Å². The summed E-state index contributed by atoms with van der Waals surface area (Å²) in [5, 5.41) is 7.89. The van der Waals surface area contributed by atoms with E-state index < -0.39 is 11.3 Å². The molecule has 1 rings (SSSR count). The van der Waals surface area contributed by atoms with E-state index in [4.69, 9.17) is 4.55 Å². The van der Waals surface area contributed by atoms with Gasteiger partial charge in [-0.15, -0.1) is 21.5 Å². The van der Waals surface area contributed by atoms with Crippen LogP contribution < -0.4 is 4.72 Å². The van der Waals surface area contributed by atoms with E-state index in [9.17, 15) is 4.21 Å². The molecule has 7 heteroatoms. The van der Waals surface area contributed by atoms with Crippen LogP contribution in [0, 0.1) is 0 Å². The summed E-state index contributed by atoms with van der Waals surface area (Å²) in [6.45, 7) is 0.285. The molecule has 1 aromatic rings. The Hall–Kier alpha value is -0.370. The van der Waals surface area contributed by atoms with E-state index in [1.807, 2.05) is 0 Å². The first-order chi connectivity index (χ1) is 4.79. The zero-order valence-electron chi connectivity index (χ0n) is 4.85. The summed E-state index contributed by atoms with van der Waals surface area (Å²) in [6, 6.07) is 0. The van der Waals surface area contributed by atoms with Gasteiger partial charge in [0.05, 0.1) is 6.54 Å². The van der Waals surface area contributed by atoms with Gasteiger partial charge in [-0.2, -0.15) is 0 Å². The van der Waals surface area contributed by atoms with Crippen molar-refractivity contribution in [2.45, 2.75) is 6.54 Å². The second kappa shape index (κ2) is 3.71. The first-order valence-electron chi connectivity index (χ1n) is 2.38. The average Bonchev–Trinajstić information content (AvgIpc) is 2.34. The van der Waals surface area contributed by atoms with Gasteiger partial charge in [0.2, 0.25) is 11.3 Å². The van der Waals surface area contributed by atoms with Crippen LogP contribution in [-0.4, -0.2) is 19.0 Å². The molecule has 0 aliphatic rings. The predicted octanol–water partition coefficient (Wildman–Crippen LogP) is -0.236. The zero-order chi connectivity index (χ0) is 7.40. The maximum atomic E-state index is 10.1. The molecule has 0 aromatic carbocycles. The Bertz CT molecular complexity index is 212. The number of hydrogen-bond acceptors (Lipinski definition) is 4. The van der Waals surface area contributed by atoms with E-state index in [0.717, 1.165) is 0 Å². The molecular weight excluding hydrogens is 174 g/mol. The van der Waals surface area contributed by atoms with E-state index in [2.05, 4.69) is 14.9 Å². The smallest absolute Gasteiger partial charge is 0.232 e. The van der Waals surface area contributed by atoms with Crippen LogP contribution in [0.5, 0.6) is 0 Å². The van der Waals surface area contributed by atoms with Gasteiger partial charge in [-0.05, 0) is 0 Å². The van der Waals surface area contributed by atoms with Crippen molar-refractivity contribution in [3.8, 4) is 0 Å². The highest BCUT2D eigenvalue weighted by Gasteiger charge is 1.96. The molecule has 0 bridgehead atoms. The lowest BCUT2D eigenvalue weighted by atomic mass is 10.7. The molecule has 5 nitrogen and oxygen atoms in total. The largest absolute Gasteiger partial charge is 0.294 e. The van der Waals surface area contributed by atoms with Crippen molar-refractivity contribution in [1.82, 2.24) is 14.9 Å². The van der Waals surface area contributed by atoms with Crippen molar-refractivity contribution >= 4 is 22.6 Å². The Morgan fingerprint density at radius 2 is 2.70 bits per heavy atom. The highest BCUT2D eigenvalue weighted by atomic mass is 32.2. The highest BCUT2D eigenvalue weighted by molar-refractivity contribution is 7.77. The van der Waals surface area contributed by atoms with Crippen molar-refractivity contribution in [3.05, 3.63) is 10.5 Å². The zero-order valence-corrected chi connectivity index (χ0v) is 6.48. The van der Waals surface area contributed by atoms with Crippen molar-refractivity contribution in [1.29, 1.82) is 0 Å². The Morgan fingerprint density at radius 1 is 1.90 bits per heavy atom. The van der Waals surface area contributed by atoms with Crippen LogP contribution in [0.15, 0.2) is 5.51 Å². The fraction of sp³-hybridized carbons (Fsp3) is 0.333. The van der Waals surface area contributed by atoms with Crippen molar-refractivity contribution in [2.24, 2.45) is 0 Å². The molecule has 10 heavy (non-hydrogen) atoms. The highest BCUT2D eigenvalue weighted by Crippen LogP contribution is 1.99. The summed E-state index contributed by atoms with van der Waals surface area (Å²) in [6.07, 6.45) is 0. The van der Waals surface area contributed by atoms with E-state index in [0.29, 0.717) is 5.01 Å². The van der Waals surface area contributed by atoms with E-state index >= 15 is 0 Å². The number of aromatic nitrogens is 2. The molecule has 1 atom stereocenters. The molecule has 2 N–H and O–H groups in total. The van der Waals surface area contributed by atoms with Gasteiger partial charge in [0.1, 0.15) is 10.5 Å². The minimum Gasteiger partial charge on any atom is -0.294 e. The van der Waals surface area contributed by atoms with Gasteiger partial charge >= 0.3 is 0 Å². The molecule has 1 unspecified atom stereocenters. The Morgan fingerprint density at radius 3 is 3.20 bits per heavy atom. The summed E-state index contributed by atoms with van der Waals surface area (Å²) in [4.78, 5) is 0. The summed E-state index contributed by atoms with van der Waals surface area (Å²) < 4.78 is 20.6. The van der Waals surface area contributed by atoms with Crippen molar-refractivity contribution in [3.63, 3.8) is 0 Å². The lowest BCUT2D eigenvalue weighted by Crippen LogP contribution is -2.14. The average molecular weight is 179 g/mol. The topological polar surface area (TPSA) is 75.1 Å². The molecule has 1 heterocycles. The number of nitrogens with one attached hydrogen (secondary N) is 1. The SMILES string of the molecule is O=S(O)NCc1nncs1. The van der Waals surface area contributed by atoms with Gasteiger partial charge in [-0.1, -0.05) is 0 Å². The van der Waals surface area contributed by atoms with Crippen molar-refractivity contribution in [2.75, 3.05) is 0 Å². The molecule has 0 saturated heterocycles. The Kier molecular flexibility index (Phi) is 2.87. The fourth-order valence-corrected chi connectivity index (χ4v) is 1.21. The van der Waals surface area contributed by atoms with Gasteiger partial charge in [0.25, 0.3) is 0 Å². The van der Waals surface area contributed by atoms with Crippen LogP contribution in [0.2, 0.25) is 0 Å². The summed E-state index contributed by atoms with van der Waals surface area (Å²) in [5.74, 6) is 0. The predicted molar refractivity (Wildman–Crippen MR) is 37.5 cm³/mol. The summed E-state index contributed by atoms with van der Waals surface area (Å²) in [5.41, 5.74) is 1.57. The molecular formula is C3H5N3O2S2. The molecule has 0 saturated carbocycles. The monoisotopic (exact) mass is 179 g/mol. The minimum absolute atomic E-state index is 0.285. The fourth-order valence-electron chi connectivity index (χ4n) is 0.396. The van der Waals surface area contributed by atoms with Crippen LogP contribution in [0.3, 0.4) is 0 Å². The quantitative estimate of drug-likeness (QED) is 0.628. The maximum Gasteiger partial charge on any atom is 0.232 e. The van der Waals surface area contributed by atoms with Crippen LogP contribution >= 0.6 is 11.3 Å². The van der Waals surface area contributed by atoms with E-state index in [1.54, 1.807) is 5.51 Å². The lowest BCUT2D eigenvalue weighted by Gasteiger charge is -1.91. The van der Waals surface area contributed by atoms with Gasteiger partial charge < -0.3 is 0 Å². The van der Waals surface area contributed by atoms with Crippen molar-refractivity contribution < 1.29 is 8.76 Å². The van der Waals surface area contributed by atoms with Crippen LogP contribution in [0.4, 0.5) is 0 Å². The Balaban J connectivity index is 2.35. The summed E-state index contributed by atoms with van der Waals surface area (Å²) >= 11 is -0.627. The molecule has 56 valence electrons. The number of rotatable bonds is 3. The normalized spacial score (nSPS) is 13.3. The number of nitrogens with zero attached hydrogens (tertiary/aromatic N) is 2.